The minimum atomic E-state index is -0.139. The number of amides is 1. The molecular weight excluding hydrogens is 342 g/mol. The zero-order chi connectivity index (χ0) is 18.6. The zero-order valence-electron chi connectivity index (χ0n) is 15.6. The highest BCUT2D eigenvalue weighted by molar-refractivity contribution is 5.94. The molecule has 1 amide bonds. The molecule has 1 unspecified atom stereocenters. The smallest absolute Gasteiger partial charge is 0.251 e. The highest BCUT2D eigenvalue weighted by atomic mass is 16.5. The molecule has 4 rings (SSSR count). The van der Waals surface area contributed by atoms with Gasteiger partial charge in [0.1, 0.15) is 11.9 Å². The average Bonchev–Trinajstić information content (AvgIpc) is 3.35. The van der Waals surface area contributed by atoms with Gasteiger partial charge >= 0.3 is 0 Å². The van der Waals surface area contributed by atoms with Crippen molar-refractivity contribution < 1.29 is 19.0 Å². The summed E-state index contributed by atoms with van der Waals surface area (Å²) in [5, 5.41) is 2.96. The van der Waals surface area contributed by atoms with Crippen molar-refractivity contribution in [2.45, 2.75) is 44.3 Å². The Balaban J connectivity index is 1.36. The van der Waals surface area contributed by atoms with Crippen molar-refractivity contribution in [1.82, 2.24) is 5.32 Å². The van der Waals surface area contributed by atoms with E-state index in [4.69, 9.17) is 14.2 Å². The molecule has 0 aromatic heterocycles. The fourth-order valence-electron chi connectivity index (χ4n) is 3.77. The van der Waals surface area contributed by atoms with Crippen LogP contribution < -0.4 is 19.5 Å². The maximum Gasteiger partial charge on any atom is 0.251 e. The zero-order valence-corrected chi connectivity index (χ0v) is 15.6. The summed E-state index contributed by atoms with van der Waals surface area (Å²) in [5.41, 5.74) is 1.74. The molecule has 1 heterocycles. The highest BCUT2D eigenvalue weighted by Gasteiger charge is 2.23. The van der Waals surface area contributed by atoms with E-state index in [-0.39, 0.29) is 18.1 Å². The summed E-state index contributed by atoms with van der Waals surface area (Å²) in [7, 11) is 1.60. The monoisotopic (exact) mass is 367 g/mol. The Morgan fingerprint density at radius 3 is 2.74 bits per heavy atom. The van der Waals surface area contributed by atoms with Gasteiger partial charge in [-0.2, -0.15) is 0 Å². The maximum atomic E-state index is 12.5. The van der Waals surface area contributed by atoms with Crippen LogP contribution in [0.5, 0.6) is 17.2 Å². The van der Waals surface area contributed by atoms with Crippen LogP contribution in [0.25, 0.3) is 0 Å². The third-order valence-corrected chi connectivity index (χ3v) is 5.23. The van der Waals surface area contributed by atoms with E-state index in [2.05, 4.69) is 11.4 Å². The molecule has 142 valence electrons. The molecule has 0 saturated heterocycles. The van der Waals surface area contributed by atoms with Crippen LogP contribution in [0, 0.1) is 0 Å². The Kier molecular flexibility index (Phi) is 5.19. The topological polar surface area (TPSA) is 56.8 Å². The van der Waals surface area contributed by atoms with Crippen LogP contribution in [0.4, 0.5) is 0 Å². The van der Waals surface area contributed by atoms with Crippen molar-refractivity contribution >= 4 is 5.91 Å². The third-order valence-electron chi connectivity index (χ3n) is 5.23. The second-order valence-electron chi connectivity index (χ2n) is 7.15. The molecule has 1 N–H and O–H groups in total. The molecule has 1 atom stereocenters. The average molecular weight is 367 g/mol. The summed E-state index contributed by atoms with van der Waals surface area (Å²) in [4.78, 5) is 12.5. The maximum absolute atomic E-state index is 12.5. The molecule has 5 heteroatoms. The summed E-state index contributed by atoms with van der Waals surface area (Å²) >= 11 is 0. The van der Waals surface area contributed by atoms with Gasteiger partial charge in [-0.05, 0) is 55.5 Å². The number of carbonyl (C=O) groups excluding carboxylic acids is 1. The Hall–Kier alpha value is -2.69. The minimum absolute atomic E-state index is 0.0294. The van der Waals surface area contributed by atoms with E-state index < -0.39 is 0 Å². The van der Waals surface area contributed by atoms with Crippen LogP contribution in [-0.2, 0) is 6.42 Å². The van der Waals surface area contributed by atoms with Crippen molar-refractivity contribution in [3.8, 4) is 17.2 Å². The fraction of sp³-hybridized carbons (Fsp3) is 0.409. The third kappa shape index (κ3) is 4.02. The molecule has 1 aliphatic heterocycles. The summed E-state index contributed by atoms with van der Waals surface area (Å²) < 4.78 is 17.3. The van der Waals surface area contributed by atoms with E-state index >= 15 is 0 Å². The predicted molar refractivity (Wildman–Crippen MR) is 103 cm³/mol. The SMILES string of the molecule is COc1cc(C(=O)NCC2Cc3ccccc3O2)ccc1OC1CCCC1. The van der Waals surface area contributed by atoms with Crippen molar-refractivity contribution in [3.63, 3.8) is 0 Å². The Bertz CT molecular complexity index is 789. The number of rotatable bonds is 6. The molecule has 2 aromatic carbocycles. The summed E-state index contributed by atoms with van der Waals surface area (Å²) in [6.07, 6.45) is 5.61. The van der Waals surface area contributed by atoms with E-state index in [1.165, 1.54) is 18.4 Å². The van der Waals surface area contributed by atoms with Gasteiger partial charge in [0.2, 0.25) is 0 Å². The largest absolute Gasteiger partial charge is 0.493 e. The molecule has 1 fully saturated rings. The molecule has 0 radical (unpaired) electrons. The van der Waals surface area contributed by atoms with Gasteiger partial charge in [-0.1, -0.05) is 18.2 Å². The molecule has 0 spiro atoms. The van der Waals surface area contributed by atoms with Gasteiger partial charge in [-0.25, -0.2) is 0 Å². The van der Waals surface area contributed by atoms with Gasteiger partial charge in [0.25, 0.3) is 5.91 Å². The lowest BCUT2D eigenvalue weighted by atomic mass is 10.1. The Labute approximate surface area is 159 Å². The van der Waals surface area contributed by atoms with Crippen LogP contribution in [-0.4, -0.2) is 31.8 Å². The highest BCUT2D eigenvalue weighted by Crippen LogP contribution is 2.32. The molecule has 0 bridgehead atoms. The lowest BCUT2D eigenvalue weighted by molar-refractivity contribution is 0.0933. The number of para-hydroxylation sites is 1. The van der Waals surface area contributed by atoms with Crippen LogP contribution in [0.15, 0.2) is 42.5 Å². The van der Waals surface area contributed by atoms with Gasteiger partial charge in [-0.15, -0.1) is 0 Å². The molecule has 5 nitrogen and oxygen atoms in total. The van der Waals surface area contributed by atoms with Crippen molar-refractivity contribution in [2.75, 3.05) is 13.7 Å². The normalized spacial score (nSPS) is 18.6. The van der Waals surface area contributed by atoms with Gasteiger partial charge in [-0.3, -0.25) is 4.79 Å². The Morgan fingerprint density at radius 2 is 1.96 bits per heavy atom. The van der Waals surface area contributed by atoms with Crippen LogP contribution in [0.2, 0.25) is 0 Å². The minimum Gasteiger partial charge on any atom is -0.493 e. The first-order valence-electron chi connectivity index (χ1n) is 9.60. The summed E-state index contributed by atoms with van der Waals surface area (Å²) in [6, 6.07) is 13.3. The van der Waals surface area contributed by atoms with Gasteiger partial charge < -0.3 is 19.5 Å². The Morgan fingerprint density at radius 1 is 1.15 bits per heavy atom. The quantitative estimate of drug-likeness (QED) is 0.845. The molecular formula is C22H25NO4. The number of carbonyl (C=O) groups is 1. The molecule has 1 aliphatic carbocycles. The van der Waals surface area contributed by atoms with Crippen LogP contribution >= 0.6 is 0 Å². The van der Waals surface area contributed by atoms with E-state index in [1.54, 1.807) is 19.2 Å². The lowest BCUT2D eigenvalue weighted by Crippen LogP contribution is -2.34. The molecule has 2 aliphatic rings. The van der Waals surface area contributed by atoms with Crippen molar-refractivity contribution in [3.05, 3.63) is 53.6 Å². The second-order valence-corrected chi connectivity index (χ2v) is 7.15. The standard InChI is InChI=1S/C22H25NO4/c1-25-21-13-16(10-11-20(21)26-17-7-3-4-8-17)22(24)23-14-18-12-15-6-2-5-9-19(15)27-18/h2,5-6,9-11,13,17-18H,3-4,7-8,12,14H2,1H3,(H,23,24). The van der Waals surface area contributed by atoms with Crippen LogP contribution in [0.1, 0.15) is 41.6 Å². The fourth-order valence-corrected chi connectivity index (χ4v) is 3.77. The van der Waals surface area contributed by atoms with Gasteiger partial charge in [0.05, 0.1) is 19.8 Å². The number of hydrogen-bond acceptors (Lipinski definition) is 4. The van der Waals surface area contributed by atoms with Crippen molar-refractivity contribution in [1.29, 1.82) is 0 Å². The predicted octanol–water partition coefficient (Wildman–Crippen LogP) is 3.75. The summed E-state index contributed by atoms with van der Waals surface area (Å²) in [5.74, 6) is 2.07. The first-order valence-corrected chi connectivity index (χ1v) is 9.60. The van der Waals surface area contributed by atoms with E-state index in [0.29, 0.717) is 23.6 Å². The van der Waals surface area contributed by atoms with E-state index in [1.807, 2.05) is 24.3 Å². The van der Waals surface area contributed by atoms with Crippen LogP contribution in [0.3, 0.4) is 0 Å². The first-order chi connectivity index (χ1) is 13.2. The number of methoxy groups -OCH3 is 1. The number of hydrogen-bond donors (Lipinski definition) is 1. The number of benzene rings is 2. The number of nitrogens with one attached hydrogen (secondary N) is 1. The number of ether oxygens (including phenoxy) is 3. The first kappa shape index (κ1) is 17.7. The van der Waals surface area contributed by atoms with Gasteiger partial charge in [0.15, 0.2) is 11.5 Å². The lowest BCUT2D eigenvalue weighted by Gasteiger charge is -2.17. The van der Waals surface area contributed by atoms with E-state index in [0.717, 1.165) is 25.0 Å². The molecule has 1 saturated carbocycles. The number of fused-ring (bicyclic) bond motifs is 1. The van der Waals surface area contributed by atoms with E-state index in [9.17, 15) is 4.79 Å². The molecule has 27 heavy (non-hydrogen) atoms. The summed E-state index contributed by atoms with van der Waals surface area (Å²) in [6.45, 7) is 0.468. The van der Waals surface area contributed by atoms with Crippen molar-refractivity contribution in [2.24, 2.45) is 0 Å². The second kappa shape index (κ2) is 7.91. The molecule has 2 aromatic rings. The van der Waals surface area contributed by atoms with Gasteiger partial charge in [0, 0.05) is 12.0 Å².